The smallest absolute Gasteiger partial charge is 0.240 e. The van der Waals surface area contributed by atoms with Gasteiger partial charge in [-0.15, -0.1) is 0 Å². The van der Waals surface area contributed by atoms with Crippen LogP contribution >= 0.6 is 11.8 Å². The van der Waals surface area contributed by atoms with Crippen LogP contribution in [0.2, 0.25) is 0 Å². The lowest BCUT2D eigenvalue weighted by molar-refractivity contribution is -0.132. The van der Waals surface area contributed by atoms with Gasteiger partial charge in [-0.1, -0.05) is 0 Å². The third kappa shape index (κ3) is 2.65. The van der Waals surface area contributed by atoms with Gasteiger partial charge < -0.3 is 15.0 Å². The van der Waals surface area contributed by atoms with Gasteiger partial charge in [0.1, 0.15) is 0 Å². The zero-order valence-electron chi connectivity index (χ0n) is 9.07. The van der Waals surface area contributed by atoms with Crippen molar-refractivity contribution >= 4 is 17.7 Å². The fraction of sp³-hybridized carbons (Fsp3) is 0.900. The summed E-state index contributed by atoms with van der Waals surface area (Å²) in [5.74, 6) is 2.28. The Morgan fingerprint density at radius 3 is 3.07 bits per heavy atom. The highest BCUT2D eigenvalue weighted by atomic mass is 32.2. The molecule has 0 bridgehead atoms. The molecule has 0 aliphatic carbocycles. The van der Waals surface area contributed by atoms with Crippen LogP contribution in [0.1, 0.15) is 6.42 Å². The largest absolute Gasteiger partial charge is 0.380 e. The number of carbonyl (C=O) groups is 1. The van der Waals surface area contributed by atoms with Crippen LogP contribution in [0.15, 0.2) is 0 Å². The lowest BCUT2D eigenvalue weighted by atomic mass is 10.3. The fourth-order valence-corrected chi connectivity index (χ4v) is 2.99. The molecule has 2 aliphatic rings. The minimum Gasteiger partial charge on any atom is -0.380 e. The van der Waals surface area contributed by atoms with Crippen LogP contribution in [-0.2, 0) is 9.53 Å². The first-order chi connectivity index (χ1) is 7.31. The molecule has 2 rings (SSSR count). The zero-order valence-corrected chi connectivity index (χ0v) is 9.89. The topological polar surface area (TPSA) is 41.6 Å². The first-order valence-electron chi connectivity index (χ1n) is 5.44. The molecule has 86 valence electrons. The van der Waals surface area contributed by atoms with Crippen molar-refractivity contribution in [3.63, 3.8) is 0 Å². The van der Waals surface area contributed by atoms with Crippen LogP contribution in [0, 0.1) is 0 Å². The molecule has 0 aromatic rings. The van der Waals surface area contributed by atoms with Crippen molar-refractivity contribution in [2.75, 3.05) is 38.2 Å². The molecular weight excluding hydrogens is 212 g/mol. The molecule has 15 heavy (non-hydrogen) atoms. The second-order valence-electron chi connectivity index (χ2n) is 4.01. The number of nitrogens with zero attached hydrogens (tertiary/aromatic N) is 1. The average molecular weight is 230 g/mol. The Labute approximate surface area is 94.7 Å². The van der Waals surface area contributed by atoms with Crippen molar-refractivity contribution in [3.8, 4) is 0 Å². The molecule has 2 unspecified atom stereocenters. The Kier molecular flexibility index (Phi) is 3.88. The van der Waals surface area contributed by atoms with Crippen molar-refractivity contribution in [3.05, 3.63) is 0 Å². The summed E-state index contributed by atoms with van der Waals surface area (Å²) in [7, 11) is 1.72. The highest BCUT2D eigenvalue weighted by molar-refractivity contribution is 7.99. The molecule has 0 saturated carbocycles. The molecule has 1 N–H and O–H groups in total. The molecule has 0 aromatic heterocycles. The van der Waals surface area contributed by atoms with Crippen LogP contribution in [-0.4, -0.2) is 61.2 Å². The molecule has 0 spiro atoms. The number of thioether (sulfide) groups is 1. The number of methoxy groups -OCH3 is 1. The van der Waals surface area contributed by atoms with E-state index in [1.807, 2.05) is 16.7 Å². The van der Waals surface area contributed by atoms with Crippen molar-refractivity contribution < 1.29 is 9.53 Å². The Morgan fingerprint density at radius 1 is 1.60 bits per heavy atom. The predicted molar refractivity (Wildman–Crippen MR) is 61.1 cm³/mol. The summed E-state index contributed by atoms with van der Waals surface area (Å²) in [6, 6.07) is 0.0272. The maximum absolute atomic E-state index is 12.1. The van der Waals surface area contributed by atoms with Gasteiger partial charge in [-0.25, -0.2) is 0 Å². The molecule has 5 heteroatoms. The SMILES string of the molecule is COC1CCN(C(=O)C2CSCCN2)C1. The first kappa shape index (κ1) is 11.2. The van der Waals surface area contributed by atoms with Crippen LogP contribution < -0.4 is 5.32 Å². The maximum Gasteiger partial charge on any atom is 0.240 e. The van der Waals surface area contributed by atoms with Gasteiger partial charge in [0.15, 0.2) is 0 Å². The van der Waals surface area contributed by atoms with E-state index in [9.17, 15) is 4.79 Å². The molecule has 4 nitrogen and oxygen atoms in total. The quantitative estimate of drug-likeness (QED) is 0.721. The van der Waals surface area contributed by atoms with Gasteiger partial charge in [-0.05, 0) is 6.42 Å². The highest BCUT2D eigenvalue weighted by Gasteiger charge is 2.31. The van der Waals surface area contributed by atoms with Gasteiger partial charge in [-0.2, -0.15) is 11.8 Å². The van der Waals surface area contributed by atoms with Crippen molar-refractivity contribution in [1.82, 2.24) is 10.2 Å². The molecule has 2 heterocycles. The van der Waals surface area contributed by atoms with E-state index in [0.717, 1.165) is 37.6 Å². The van der Waals surface area contributed by atoms with E-state index in [1.54, 1.807) is 7.11 Å². The maximum atomic E-state index is 12.1. The van der Waals surface area contributed by atoms with E-state index in [4.69, 9.17) is 4.74 Å². The summed E-state index contributed by atoms with van der Waals surface area (Å²) in [5.41, 5.74) is 0. The van der Waals surface area contributed by atoms with E-state index in [1.165, 1.54) is 0 Å². The van der Waals surface area contributed by atoms with Crippen molar-refractivity contribution in [2.24, 2.45) is 0 Å². The summed E-state index contributed by atoms with van der Waals surface area (Å²) < 4.78 is 5.26. The fourth-order valence-electron chi connectivity index (χ4n) is 2.07. The molecule has 0 aromatic carbocycles. The average Bonchev–Trinajstić information content (AvgIpc) is 2.78. The van der Waals surface area contributed by atoms with E-state index >= 15 is 0 Å². The van der Waals surface area contributed by atoms with E-state index in [-0.39, 0.29) is 18.1 Å². The summed E-state index contributed by atoms with van der Waals surface area (Å²) >= 11 is 1.86. The Hall–Kier alpha value is -0.260. The molecule has 0 radical (unpaired) electrons. The first-order valence-corrected chi connectivity index (χ1v) is 6.59. The normalized spacial score (nSPS) is 31.9. The number of hydrogen-bond donors (Lipinski definition) is 1. The Balaban J connectivity index is 1.85. The predicted octanol–water partition coefficient (Wildman–Crippen LogP) is -0.0613. The van der Waals surface area contributed by atoms with Gasteiger partial charge in [0.05, 0.1) is 12.1 Å². The summed E-state index contributed by atoms with van der Waals surface area (Å²) in [5, 5.41) is 3.28. The van der Waals surface area contributed by atoms with Gasteiger partial charge in [0.25, 0.3) is 0 Å². The highest BCUT2D eigenvalue weighted by Crippen LogP contribution is 2.16. The zero-order chi connectivity index (χ0) is 10.7. The second kappa shape index (κ2) is 5.18. The number of hydrogen-bond acceptors (Lipinski definition) is 4. The Morgan fingerprint density at radius 2 is 2.47 bits per heavy atom. The third-order valence-corrected chi connectivity index (χ3v) is 4.07. The van der Waals surface area contributed by atoms with E-state index in [0.29, 0.717) is 0 Å². The number of carbonyl (C=O) groups excluding carboxylic acids is 1. The van der Waals surface area contributed by atoms with Gasteiger partial charge in [0.2, 0.25) is 5.91 Å². The van der Waals surface area contributed by atoms with Crippen LogP contribution in [0.3, 0.4) is 0 Å². The Bertz CT molecular complexity index is 231. The van der Waals surface area contributed by atoms with Crippen molar-refractivity contribution in [2.45, 2.75) is 18.6 Å². The molecular formula is C10H18N2O2S. The van der Waals surface area contributed by atoms with Crippen LogP contribution in [0.4, 0.5) is 0 Å². The number of amides is 1. The van der Waals surface area contributed by atoms with Crippen LogP contribution in [0.25, 0.3) is 0 Å². The molecule has 2 saturated heterocycles. The van der Waals surface area contributed by atoms with E-state index < -0.39 is 0 Å². The molecule has 2 atom stereocenters. The number of likely N-dealkylation sites (tertiary alicyclic amines) is 1. The van der Waals surface area contributed by atoms with Crippen LogP contribution in [0.5, 0.6) is 0 Å². The van der Waals surface area contributed by atoms with Crippen molar-refractivity contribution in [1.29, 1.82) is 0 Å². The minimum atomic E-state index is 0.0272. The molecule has 2 aliphatic heterocycles. The molecule has 1 amide bonds. The number of nitrogens with one attached hydrogen (secondary N) is 1. The minimum absolute atomic E-state index is 0.0272. The van der Waals surface area contributed by atoms with Gasteiger partial charge >= 0.3 is 0 Å². The summed E-state index contributed by atoms with van der Waals surface area (Å²) in [6.45, 7) is 2.56. The molecule has 2 fully saturated rings. The number of rotatable bonds is 2. The summed E-state index contributed by atoms with van der Waals surface area (Å²) in [4.78, 5) is 14.0. The summed E-state index contributed by atoms with van der Waals surface area (Å²) in [6.07, 6.45) is 1.22. The standard InChI is InChI=1S/C10H18N2O2S/c1-14-8-2-4-12(6-8)10(13)9-7-15-5-3-11-9/h8-9,11H,2-7H2,1H3. The monoisotopic (exact) mass is 230 g/mol. The lowest BCUT2D eigenvalue weighted by Gasteiger charge is -2.26. The third-order valence-electron chi connectivity index (χ3n) is 3.01. The van der Waals surface area contributed by atoms with Gasteiger partial charge in [-0.3, -0.25) is 4.79 Å². The lowest BCUT2D eigenvalue weighted by Crippen LogP contribution is -2.50. The number of ether oxygens (including phenoxy) is 1. The second-order valence-corrected chi connectivity index (χ2v) is 5.16. The van der Waals surface area contributed by atoms with Gasteiger partial charge in [0, 0.05) is 38.2 Å². The van der Waals surface area contributed by atoms with E-state index in [2.05, 4.69) is 5.32 Å².